The Morgan fingerprint density at radius 3 is 2.62 bits per heavy atom. The molecule has 0 fully saturated rings. The van der Waals surface area contributed by atoms with Crippen molar-refractivity contribution in [1.82, 2.24) is 5.32 Å². The zero-order valence-electron chi connectivity index (χ0n) is 12.3. The summed E-state index contributed by atoms with van der Waals surface area (Å²) in [6, 6.07) is 9.32. The number of aliphatic imine (C=N–C) groups is 1. The van der Waals surface area contributed by atoms with E-state index in [2.05, 4.69) is 15.6 Å². The predicted molar refractivity (Wildman–Crippen MR) is 82.1 cm³/mol. The van der Waals surface area contributed by atoms with Crippen LogP contribution in [0.25, 0.3) is 0 Å². The van der Waals surface area contributed by atoms with Gasteiger partial charge in [0.05, 0.1) is 27.0 Å². The Labute approximate surface area is 123 Å². The molecule has 0 aliphatic heterocycles. The Morgan fingerprint density at radius 1 is 1.19 bits per heavy atom. The van der Waals surface area contributed by atoms with Crippen LogP contribution in [0.3, 0.4) is 0 Å². The van der Waals surface area contributed by atoms with Gasteiger partial charge >= 0.3 is 0 Å². The van der Waals surface area contributed by atoms with Crippen LogP contribution in [0.1, 0.15) is 5.76 Å². The average molecular weight is 289 g/mol. The first-order valence-electron chi connectivity index (χ1n) is 6.49. The van der Waals surface area contributed by atoms with Crippen LogP contribution in [0.15, 0.2) is 46.0 Å². The van der Waals surface area contributed by atoms with Crippen LogP contribution in [0.4, 0.5) is 5.69 Å². The second kappa shape index (κ2) is 7.23. The molecule has 6 heteroatoms. The van der Waals surface area contributed by atoms with Crippen LogP contribution in [-0.2, 0) is 6.54 Å². The monoisotopic (exact) mass is 289 g/mol. The van der Waals surface area contributed by atoms with Gasteiger partial charge in [-0.25, -0.2) is 0 Å². The molecule has 1 heterocycles. The van der Waals surface area contributed by atoms with Crippen molar-refractivity contribution >= 4 is 11.6 Å². The van der Waals surface area contributed by atoms with E-state index in [1.807, 2.05) is 30.3 Å². The third-order valence-corrected chi connectivity index (χ3v) is 2.88. The quantitative estimate of drug-likeness (QED) is 0.654. The van der Waals surface area contributed by atoms with Crippen molar-refractivity contribution in [3.63, 3.8) is 0 Å². The maximum atomic E-state index is 5.27. The van der Waals surface area contributed by atoms with Gasteiger partial charge in [-0.2, -0.15) is 0 Å². The summed E-state index contributed by atoms with van der Waals surface area (Å²) in [5, 5.41) is 6.34. The highest BCUT2D eigenvalue weighted by Crippen LogP contribution is 2.29. The molecule has 2 rings (SSSR count). The lowest BCUT2D eigenvalue weighted by atomic mass is 10.3. The fourth-order valence-electron chi connectivity index (χ4n) is 1.81. The summed E-state index contributed by atoms with van der Waals surface area (Å²) >= 11 is 0. The molecule has 2 N–H and O–H groups in total. The number of anilines is 1. The number of hydrogen-bond donors (Lipinski definition) is 2. The molecule has 0 unspecified atom stereocenters. The van der Waals surface area contributed by atoms with Gasteiger partial charge < -0.3 is 24.5 Å². The summed E-state index contributed by atoms with van der Waals surface area (Å²) in [4.78, 5) is 4.16. The Kier molecular flexibility index (Phi) is 5.09. The molecule has 2 aromatic rings. The molecule has 0 atom stereocenters. The zero-order chi connectivity index (χ0) is 15.1. The van der Waals surface area contributed by atoms with Gasteiger partial charge in [-0.15, -0.1) is 0 Å². The smallest absolute Gasteiger partial charge is 0.195 e. The summed E-state index contributed by atoms with van der Waals surface area (Å²) in [6.07, 6.45) is 1.64. The molecule has 6 nitrogen and oxygen atoms in total. The third-order valence-electron chi connectivity index (χ3n) is 2.88. The molecular formula is C15H19N3O3. The third kappa shape index (κ3) is 3.92. The summed E-state index contributed by atoms with van der Waals surface area (Å²) in [5.74, 6) is 2.81. The first kappa shape index (κ1) is 14.8. The Hall–Kier alpha value is -2.63. The topological polar surface area (TPSA) is 68.0 Å². The normalized spacial score (nSPS) is 11.1. The van der Waals surface area contributed by atoms with Gasteiger partial charge in [-0.05, 0) is 24.3 Å². The van der Waals surface area contributed by atoms with E-state index in [1.54, 1.807) is 27.5 Å². The minimum atomic E-state index is 0.556. The first-order chi connectivity index (χ1) is 10.3. The molecule has 0 spiro atoms. The van der Waals surface area contributed by atoms with E-state index < -0.39 is 0 Å². The van der Waals surface area contributed by atoms with Crippen molar-refractivity contribution in [2.75, 3.05) is 26.6 Å². The first-order valence-corrected chi connectivity index (χ1v) is 6.49. The number of benzene rings is 1. The number of furan rings is 1. The fourth-order valence-corrected chi connectivity index (χ4v) is 1.81. The Bertz CT molecular complexity index is 594. The van der Waals surface area contributed by atoms with E-state index >= 15 is 0 Å². The van der Waals surface area contributed by atoms with E-state index in [0.29, 0.717) is 24.0 Å². The van der Waals surface area contributed by atoms with Gasteiger partial charge in [-0.1, -0.05) is 0 Å². The lowest BCUT2D eigenvalue weighted by molar-refractivity contribution is 0.355. The molecule has 0 aliphatic carbocycles. The Morgan fingerprint density at radius 2 is 2.00 bits per heavy atom. The Balaban J connectivity index is 2.01. The maximum absolute atomic E-state index is 5.27. The summed E-state index contributed by atoms with van der Waals surface area (Å²) in [5.41, 5.74) is 0.847. The summed E-state index contributed by atoms with van der Waals surface area (Å²) in [6.45, 7) is 0.556. The largest absolute Gasteiger partial charge is 0.493 e. The maximum Gasteiger partial charge on any atom is 0.195 e. The molecule has 1 aromatic carbocycles. The van der Waals surface area contributed by atoms with Crippen LogP contribution in [0.5, 0.6) is 11.5 Å². The number of ether oxygens (including phenoxy) is 2. The van der Waals surface area contributed by atoms with Crippen LogP contribution in [0.2, 0.25) is 0 Å². The molecule has 0 radical (unpaired) electrons. The summed E-state index contributed by atoms with van der Waals surface area (Å²) in [7, 11) is 4.92. The van der Waals surface area contributed by atoms with Gasteiger partial charge in [0.2, 0.25) is 0 Å². The van der Waals surface area contributed by atoms with Gasteiger partial charge in [0, 0.05) is 18.8 Å². The second-order valence-electron chi connectivity index (χ2n) is 4.20. The lowest BCUT2D eigenvalue weighted by Gasteiger charge is -2.13. The minimum absolute atomic E-state index is 0.556. The molecule has 0 amide bonds. The number of nitrogens with one attached hydrogen (secondary N) is 2. The van der Waals surface area contributed by atoms with Crippen molar-refractivity contribution in [3.05, 3.63) is 42.4 Å². The molecule has 0 saturated carbocycles. The summed E-state index contributed by atoms with van der Waals surface area (Å²) < 4.78 is 15.7. The molecule has 0 saturated heterocycles. The van der Waals surface area contributed by atoms with Crippen molar-refractivity contribution in [1.29, 1.82) is 0 Å². The second-order valence-corrected chi connectivity index (χ2v) is 4.20. The van der Waals surface area contributed by atoms with Crippen molar-refractivity contribution in [2.24, 2.45) is 4.99 Å². The molecule has 0 bridgehead atoms. The van der Waals surface area contributed by atoms with E-state index in [-0.39, 0.29) is 0 Å². The van der Waals surface area contributed by atoms with Crippen LogP contribution >= 0.6 is 0 Å². The minimum Gasteiger partial charge on any atom is -0.493 e. The number of rotatable bonds is 5. The van der Waals surface area contributed by atoms with Crippen molar-refractivity contribution in [2.45, 2.75) is 6.54 Å². The van der Waals surface area contributed by atoms with Gasteiger partial charge in [0.15, 0.2) is 17.5 Å². The highest BCUT2D eigenvalue weighted by Gasteiger charge is 2.06. The average Bonchev–Trinajstić information content (AvgIpc) is 3.04. The van der Waals surface area contributed by atoms with Crippen LogP contribution in [0, 0.1) is 0 Å². The number of hydrogen-bond acceptors (Lipinski definition) is 4. The number of nitrogens with zero attached hydrogens (tertiary/aromatic N) is 1. The predicted octanol–water partition coefficient (Wildman–Crippen LogP) is 2.48. The molecule has 0 aliphatic rings. The van der Waals surface area contributed by atoms with Crippen molar-refractivity contribution in [3.8, 4) is 11.5 Å². The highest BCUT2D eigenvalue weighted by molar-refractivity contribution is 5.93. The lowest BCUT2D eigenvalue weighted by Crippen LogP contribution is -2.30. The SMILES string of the molecule is CN=C(NCc1ccco1)Nc1ccc(OC)c(OC)c1. The number of guanidine groups is 1. The molecule has 21 heavy (non-hydrogen) atoms. The zero-order valence-corrected chi connectivity index (χ0v) is 12.3. The highest BCUT2D eigenvalue weighted by atomic mass is 16.5. The van der Waals surface area contributed by atoms with E-state index in [0.717, 1.165) is 11.4 Å². The molecule has 112 valence electrons. The molecule has 1 aromatic heterocycles. The van der Waals surface area contributed by atoms with Gasteiger partial charge in [0.25, 0.3) is 0 Å². The van der Waals surface area contributed by atoms with E-state index in [1.165, 1.54) is 0 Å². The standard InChI is InChI=1S/C15H19N3O3/c1-16-15(17-10-12-5-4-8-21-12)18-11-6-7-13(19-2)14(9-11)20-3/h4-9H,10H2,1-3H3,(H2,16,17,18). The van der Waals surface area contributed by atoms with Gasteiger partial charge in [0.1, 0.15) is 5.76 Å². The van der Waals surface area contributed by atoms with Crippen LogP contribution in [-0.4, -0.2) is 27.2 Å². The van der Waals surface area contributed by atoms with E-state index in [4.69, 9.17) is 13.9 Å². The fraction of sp³-hybridized carbons (Fsp3) is 0.267. The number of methoxy groups -OCH3 is 2. The van der Waals surface area contributed by atoms with E-state index in [9.17, 15) is 0 Å². The van der Waals surface area contributed by atoms with Crippen LogP contribution < -0.4 is 20.1 Å². The van der Waals surface area contributed by atoms with Crippen molar-refractivity contribution < 1.29 is 13.9 Å². The molecular weight excluding hydrogens is 270 g/mol. The van der Waals surface area contributed by atoms with Gasteiger partial charge in [-0.3, -0.25) is 4.99 Å².